The van der Waals surface area contributed by atoms with E-state index in [-0.39, 0.29) is 5.91 Å². The van der Waals surface area contributed by atoms with Crippen LogP contribution in [0.3, 0.4) is 0 Å². The molecule has 1 amide bonds. The number of rotatable bonds is 1. The van der Waals surface area contributed by atoms with E-state index in [1.54, 1.807) is 0 Å². The number of nitrogens with zero attached hydrogens (tertiary/aromatic N) is 2. The molecule has 0 radical (unpaired) electrons. The van der Waals surface area contributed by atoms with Gasteiger partial charge in [0.1, 0.15) is 0 Å². The Hall–Kier alpha value is -1.32. The lowest BCUT2D eigenvalue weighted by molar-refractivity contribution is 0.0961. The van der Waals surface area contributed by atoms with Crippen LogP contribution in [0.4, 0.5) is 0 Å². The van der Waals surface area contributed by atoms with Crippen molar-refractivity contribution in [1.29, 1.82) is 0 Å². The maximum Gasteiger partial charge on any atom is 0.272 e. The molecule has 1 aliphatic carbocycles. The first-order valence-electron chi connectivity index (χ1n) is 6.09. The largest absolute Gasteiger partial charge is 0.345 e. The van der Waals surface area contributed by atoms with E-state index in [1.165, 1.54) is 25.7 Å². The summed E-state index contributed by atoms with van der Waals surface area (Å²) in [4.78, 5) is 15.6. The molecule has 1 aromatic heterocycles. The van der Waals surface area contributed by atoms with E-state index >= 15 is 0 Å². The maximum atomic E-state index is 11.4. The summed E-state index contributed by atoms with van der Waals surface area (Å²) < 4.78 is 2.22. The SMILES string of the molecule is CC1CCC(n2cnc3c2CNC3=O)CC1. The first-order valence-corrected chi connectivity index (χ1v) is 6.09. The van der Waals surface area contributed by atoms with Crippen LogP contribution in [0, 0.1) is 5.92 Å². The van der Waals surface area contributed by atoms with Gasteiger partial charge in [-0.3, -0.25) is 4.79 Å². The minimum Gasteiger partial charge on any atom is -0.345 e. The number of hydrogen-bond donors (Lipinski definition) is 1. The zero-order valence-electron chi connectivity index (χ0n) is 9.57. The Morgan fingerprint density at radius 3 is 2.88 bits per heavy atom. The van der Waals surface area contributed by atoms with Gasteiger partial charge in [0.25, 0.3) is 5.91 Å². The molecule has 1 aliphatic heterocycles. The predicted molar refractivity (Wildman–Crippen MR) is 60.1 cm³/mol. The second-order valence-electron chi connectivity index (χ2n) is 5.04. The standard InChI is InChI=1S/C12H17N3O/c1-8-2-4-9(5-3-8)15-7-14-11-10(15)6-13-12(11)16/h7-9H,2-6H2,1H3,(H,13,16). The van der Waals surface area contributed by atoms with Crippen molar-refractivity contribution in [3.63, 3.8) is 0 Å². The second kappa shape index (κ2) is 3.61. The van der Waals surface area contributed by atoms with Crippen LogP contribution in [0.1, 0.15) is 54.8 Å². The summed E-state index contributed by atoms with van der Waals surface area (Å²) >= 11 is 0. The van der Waals surface area contributed by atoms with Crippen LogP contribution >= 0.6 is 0 Å². The fourth-order valence-electron chi connectivity index (χ4n) is 2.83. The van der Waals surface area contributed by atoms with Gasteiger partial charge in [-0.2, -0.15) is 0 Å². The lowest BCUT2D eigenvalue weighted by atomic mass is 9.87. The zero-order chi connectivity index (χ0) is 11.1. The number of nitrogens with one attached hydrogen (secondary N) is 1. The Morgan fingerprint density at radius 2 is 2.12 bits per heavy atom. The number of imidazole rings is 1. The van der Waals surface area contributed by atoms with Gasteiger partial charge >= 0.3 is 0 Å². The zero-order valence-corrected chi connectivity index (χ0v) is 9.57. The van der Waals surface area contributed by atoms with Crippen LogP contribution in [0.25, 0.3) is 0 Å². The van der Waals surface area contributed by atoms with Crippen LogP contribution in [0.15, 0.2) is 6.33 Å². The van der Waals surface area contributed by atoms with Gasteiger partial charge in [-0.25, -0.2) is 4.98 Å². The Labute approximate surface area is 95.1 Å². The average molecular weight is 219 g/mol. The molecule has 4 nitrogen and oxygen atoms in total. The molecular weight excluding hydrogens is 202 g/mol. The Bertz CT molecular complexity index is 416. The lowest BCUT2D eigenvalue weighted by Gasteiger charge is -2.28. The van der Waals surface area contributed by atoms with Crippen LogP contribution in [0.2, 0.25) is 0 Å². The van der Waals surface area contributed by atoms with Gasteiger partial charge in [-0.15, -0.1) is 0 Å². The first kappa shape index (κ1) is 9.87. The van der Waals surface area contributed by atoms with E-state index in [0.717, 1.165) is 11.6 Å². The van der Waals surface area contributed by atoms with E-state index in [1.807, 2.05) is 6.33 Å². The molecule has 0 saturated heterocycles. The van der Waals surface area contributed by atoms with Crippen molar-refractivity contribution >= 4 is 5.91 Å². The molecule has 1 N–H and O–H groups in total. The number of aromatic nitrogens is 2. The van der Waals surface area contributed by atoms with Gasteiger partial charge in [0.2, 0.25) is 0 Å². The summed E-state index contributed by atoms with van der Waals surface area (Å²) in [5, 5.41) is 2.83. The summed E-state index contributed by atoms with van der Waals surface area (Å²) in [6.07, 6.45) is 6.87. The number of amides is 1. The smallest absolute Gasteiger partial charge is 0.272 e. The molecule has 0 aromatic carbocycles. The molecule has 3 rings (SSSR count). The number of fused-ring (bicyclic) bond motifs is 1. The minimum absolute atomic E-state index is 0.0158. The summed E-state index contributed by atoms with van der Waals surface area (Å²) in [7, 11) is 0. The summed E-state index contributed by atoms with van der Waals surface area (Å²) in [6.45, 7) is 2.97. The highest BCUT2D eigenvalue weighted by Crippen LogP contribution is 2.33. The highest BCUT2D eigenvalue weighted by Gasteiger charge is 2.28. The number of carbonyl (C=O) groups is 1. The first-order chi connectivity index (χ1) is 7.75. The van der Waals surface area contributed by atoms with Gasteiger partial charge in [-0.1, -0.05) is 6.92 Å². The van der Waals surface area contributed by atoms with Gasteiger partial charge in [0.05, 0.1) is 18.6 Å². The monoisotopic (exact) mass is 219 g/mol. The molecule has 0 bridgehead atoms. The molecule has 0 unspecified atom stereocenters. The van der Waals surface area contributed by atoms with Crippen molar-refractivity contribution in [3.8, 4) is 0 Å². The molecule has 4 heteroatoms. The maximum absolute atomic E-state index is 11.4. The molecule has 16 heavy (non-hydrogen) atoms. The number of hydrogen-bond acceptors (Lipinski definition) is 2. The fourth-order valence-corrected chi connectivity index (χ4v) is 2.83. The topological polar surface area (TPSA) is 46.9 Å². The van der Waals surface area contributed by atoms with Gasteiger partial charge in [0, 0.05) is 6.04 Å². The van der Waals surface area contributed by atoms with Crippen molar-refractivity contribution in [1.82, 2.24) is 14.9 Å². The molecule has 2 aliphatic rings. The molecule has 2 heterocycles. The summed E-state index contributed by atoms with van der Waals surface area (Å²) in [5.41, 5.74) is 1.73. The van der Waals surface area contributed by atoms with E-state index in [0.29, 0.717) is 18.3 Å². The Kier molecular flexibility index (Phi) is 2.23. The second-order valence-corrected chi connectivity index (χ2v) is 5.04. The van der Waals surface area contributed by atoms with Crippen LogP contribution in [-0.2, 0) is 6.54 Å². The number of carbonyl (C=O) groups excluding carboxylic acids is 1. The van der Waals surface area contributed by atoms with Gasteiger partial charge < -0.3 is 9.88 Å². The predicted octanol–water partition coefficient (Wildman–Crippen LogP) is 1.88. The lowest BCUT2D eigenvalue weighted by Crippen LogP contribution is -2.19. The molecule has 1 fully saturated rings. The van der Waals surface area contributed by atoms with Crippen molar-refractivity contribution in [3.05, 3.63) is 17.7 Å². The van der Waals surface area contributed by atoms with E-state index in [4.69, 9.17) is 0 Å². The Balaban J connectivity index is 1.85. The molecule has 1 saturated carbocycles. The van der Waals surface area contributed by atoms with Crippen LogP contribution in [-0.4, -0.2) is 15.5 Å². The fraction of sp³-hybridized carbons (Fsp3) is 0.667. The van der Waals surface area contributed by atoms with E-state index < -0.39 is 0 Å². The third kappa shape index (κ3) is 1.44. The molecule has 86 valence electrons. The third-order valence-corrected chi connectivity index (χ3v) is 3.91. The molecule has 0 spiro atoms. The van der Waals surface area contributed by atoms with Gasteiger partial charge in [-0.05, 0) is 31.6 Å². The van der Waals surface area contributed by atoms with Crippen molar-refractivity contribution in [2.75, 3.05) is 0 Å². The van der Waals surface area contributed by atoms with Crippen molar-refractivity contribution in [2.24, 2.45) is 5.92 Å². The summed E-state index contributed by atoms with van der Waals surface area (Å²) in [6, 6.07) is 0.556. The van der Waals surface area contributed by atoms with E-state index in [2.05, 4.69) is 21.8 Å². The molecule has 0 atom stereocenters. The minimum atomic E-state index is -0.0158. The normalized spacial score (nSPS) is 28.9. The van der Waals surface area contributed by atoms with Crippen molar-refractivity contribution < 1.29 is 4.79 Å². The molecule has 1 aromatic rings. The van der Waals surface area contributed by atoms with Gasteiger partial charge in [0.15, 0.2) is 5.69 Å². The third-order valence-electron chi connectivity index (χ3n) is 3.91. The van der Waals surface area contributed by atoms with Crippen molar-refractivity contribution in [2.45, 2.75) is 45.2 Å². The quantitative estimate of drug-likeness (QED) is 0.784. The van der Waals surface area contributed by atoms with E-state index in [9.17, 15) is 4.79 Å². The summed E-state index contributed by atoms with van der Waals surface area (Å²) in [5.74, 6) is 0.838. The van der Waals surface area contributed by atoms with Crippen LogP contribution in [0.5, 0.6) is 0 Å². The molecular formula is C12H17N3O. The Morgan fingerprint density at radius 1 is 1.38 bits per heavy atom. The average Bonchev–Trinajstić information content (AvgIpc) is 2.84. The van der Waals surface area contributed by atoms with Crippen LogP contribution < -0.4 is 5.32 Å². The highest BCUT2D eigenvalue weighted by molar-refractivity contribution is 5.95. The highest BCUT2D eigenvalue weighted by atomic mass is 16.2.